The van der Waals surface area contributed by atoms with Gasteiger partial charge in [0.05, 0.1) is 0 Å². The summed E-state index contributed by atoms with van der Waals surface area (Å²) < 4.78 is 1.72. The first-order valence-corrected chi connectivity index (χ1v) is 6.89. The highest BCUT2D eigenvalue weighted by atomic mass is 16.3. The van der Waals surface area contributed by atoms with Crippen LogP contribution in [0.1, 0.15) is 23.8 Å². The van der Waals surface area contributed by atoms with Crippen molar-refractivity contribution < 1.29 is 19.8 Å². The number of nitrogens with one attached hydrogen (secondary N) is 1. The van der Waals surface area contributed by atoms with Crippen LogP contribution in [0, 0.1) is 0 Å². The number of aliphatic hydroxyl groups is 2. The predicted molar refractivity (Wildman–Crippen MR) is 75.6 cm³/mol. The molecule has 2 rings (SSSR count). The van der Waals surface area contributed by atoms with E-state index in [9.17, 15) is 19.8 Å². The van der Waals surface area contributed by atoms with E-state index in [2.05, 4.69) is 5.32 Å². The summed E-state index contributed by atoms with van der Waals surface area (Å²) in [6.45, 7) is 1.71. The molecule has 1 fully saturated rings. The second-order valence-corrected chi connectivity index (χ2v) is 5.53. The van der Waals surface area contributed by atoms with Crippen molar-refractivity contribution in [2.45, 2.75) is 25.0 Å². The quantitative estimate of drug-likeness (QED) is 0.673. The molecule has 1 aromatic heterocycles. The van der Waals surface area contributed by atoms with Crippen molar-refractivity contribution in [2.75, 3.05) is 19.6 Å². The van der Waals surface area contributed by atoms with E-state index in [-0.39, 0.29) is 31.3 Å². The van der Waals surface area contributed by atoms with Crippen LogP contribution in [0.2, 0.25) is 0 Å². The lowest BCUT2D eigenvalue weighted by molar-refractivity contribution is -0.127. The monoisotopic (exact) mass is 295 g/mol. The normalized spacial score (nSPS) is 25.7. The first kappa shape index (κ1) is 15.5. The molecule has 116 valence electrons. The Morgan fingerprint density at radius 2 is 2.24 bits per heavy atom. The molecule has 7 nitrogen and oxygen atoms in total. The van der Waals surface area contributed by atoms with Gasteiger partial charge in [-0.15, -0.1) is 0 Å². The van der Waals surface area contributed by atoms with Crippen LogP contribution in [0.3, 0.4) is 0 Å². The number of aliphatic hydroxyl groups excluding tert-OH is 1. The van der Waals surface area contributed by atoms with Gasteiger partial charge in [-0.25, -0.2) is 0 Å². The lowest BCUT2D eigenvalue weighted by Crippen LogP contribution is -2.61. The number of β-amino-alcohol motifs (C(OH)–C–C–N with tert-alkyl or cyclic N) is 1. The van der Waals surface area contributed by atoms with E-state index < -0.39 is 11.7 Å². The van der Waals surface area contributed by atoms with E-state index in [0.717, 1.165) is 0 Å². The Hall–Kier alpha value is -1.86. The molecule has 2 amide bonds. The highest BCUT2D eigenvalue weighted by Crippen LogP contribution is 2.23. The third-order valence-corrected chi connectivity index (χ3v) is 3.92. The number of aryl methyl sites for hydroxylation is 1. The van der Waals surface area contributed by atoms with Gasteiger partial charge in [-0.1, -0.05) is 0 Å². The van der Waals surface area contributed by atoms with Gasteiger partial charge in [0, 0.05) is 39.8 Å². The molecule has 1 aromatic rings. The highest BCUT2D eigenvalue weighted by Gasteiger charge is 2.42. The molecule has 0 aliphatic carbocycles. The average Bonchev–Trinajstić information content (AvgIpc) is 2.85. The van der Waals surface area contributed by atoms with E-state index in [1.807, 2.05) is 0 Å². The van der Waals surface area contributed by atoms with Gasteiger partial charge in [-0.3, -0.25) is 9.59 Å². The summed E-state index contributed by atoms with van der Waals surface area (Å²) in [6.07, 6.45) is 0.896. The van der Waals surface area contributed by atoms with Crippen molar-refractivity contribution >= 4 is 11.8 Å². The number of amides is 2. The van der Waals surface area contributed by atoms with Crippen LogP contribution in [0.15, 0.2) is 18.3 Å². The minimum Gasteiger partial charge on any atom is -0.388 e. The number of likely N-dealkylation sites (tertiary alicyclic amines) is 1. The maximum absolute atomic E-state index is 12.3. The molecule has 0 spiro atoms. The third-order valence-electron chi connectivity index (χ3n) is 3.92. The molecule has 0 radical (unpaired) electrons. The zero-order chi connectivity index (χ0) is 15.6. The molecule has 0 bridgehead atoms. The number of piperidine rings is 1. The number of hydrogen-bond donors (Lipinski definition) is 3. The zero-order valence-electron chi connectivity index (χ0n) is 12.2. The van der Waals surface area contributed by atoms with Crippen molar-refractivity contribution in [3.8, 4) is 0 Å². The summed E-state index contributed by atoms with van der Waals surface area (Å²) in [6, 6.07) is 3.49. The Labute approximate surface area is 123 Å². The molecular formula is C14H21N3O4. The fourth-order valence-corrected chi connectivity index (χ4v) is 2.48. The lowest BCUT2D eigenvalue weighted by Gasteiger charge is -2.42. The number of carbonyl (C=O) groups excluding carboxylic acids is 2. The Morgan fingerprint density at radius 3 is 2.76 bits per heavy atom. The molecule has 1 aliphatic heterocycles. The summed E-state index contributed by atoms with van der Waals surface area (Å²) in [5, 5.41) is 23.0. The molecule has 1 saturated heterocycles. The fourth-order valence-electron chi connectivity index (χ4n) is 2.48. The molecule has 2 heterocycles. The Balaban J connectivity index is 2.02. The van der Waals surface area contributed by atoms with Crippen molar-refractivity contribution in [3.05, 3.63) is 24.0 Å². The molecule has 7 heteroatoms. The van der Waals surface area contributed by atoms with Crippen LogP contribution in [0.4, 0.5) is 0 Å². The van der Waals surface area contributed by atoms with Crippen LogP contribution in [0.5, 0.6) is 0 Å². The Morgan fingerprint density at radius 1 is 1.52 bits per heavy atom. The summed E-state index contributed by atoms with van der Waals surface area (Å²) in [7, 11) is 1.78. The molecule has 0 unspecified atom stereocenters. The third kappa shape index (κ3) is 3.25. The zero-order valence-corrected chi connectivity index (χ0v) is 12.2. The summed E-state index contributed by atoms with van der Waals surface area (Å²) in [5.41, 5.74) is -0.856. The minimum absolute atomic E-state index is 0.0182. The molecule has 2 atom stereocenters. The van der Waals surface area contributed by atoms with Crippen LogP contribution < -0.4 is 5.32 Å². The predicted octanol–water partition coefficient (Wildman–Crippen LogP) is -0.901. The molecule has 0 saturated carbocycles. The van der Waals surface area contributed by atoms with Crippen molar-refractivity contribution in [1.29, 1.82) is 0 Å². The first-order chi connectivity index (χ1) is 9.83. The molecule has 1 aliphatic rings. The van der Waals surface area contributed by atoms with E-state index in [1.165, 1.54) is 11.8 Å². The smallest absolute Gasteiger partial charge is 0.270 e. The minimum atomic E-state index is -1.39. The van der Waals surface area contributed by atoms with Gasteiger partial charge in [-0.05, 0) is 18.6 Å². The van der Waals surface area contributed by atoms with Crippen molar-refractivity contribution in [1.82, 2.24) is 14.8 Å². The summed E-state index contributed by atoms with van der Waals surface area (Å²) in [4.78, 5) is 24.8. The van der Waals surface area contributed by atoms with Crippen LogP contribution in [-0.4, -0.2) is 62.8 Å². The van der Waals surface area contributed by atoms with Gasteiger partial charge in [0.2, 0.25) is 5.91 Å². The maximum Gasteiger partial charge on any atom is 0.270 e. The van der Waals surface area contributed by atoms with Crippen molar-refractivity contribution in [3.63, 3.8) is 0 Å². The summed E-state index contributed by atoms with van der Waals surface area (Å²) in [5.74, 6) is -0.443. The maximum atomic E-state index is 12.3. The summed E-state index contributed by atoms with van der Waals surface area (Å²) >= 11 is 0. The van der Waals surface area contributed by atoms with Gasteiger partial charge in [0.15, 0.2) is 0 Å². The van der Waals surface area contributed by atoms with E-state index >= 15 is 0 Å². The van der Waals surface area contributed by atoms with Gasteiger partial charge < -0.3 is 25.0 Å². The van der Waals surface area contributed by atoms with Gasteiger partial charge in [-0.2, -0.15) is 0 Å². The highest BCUT2D eigenvalue weighted by molar-refractivity contribution is 5.92. The van der Waals surface area contributed by atoms with Gasteiger partial charge >= 0.3 is 0 Å². The van der Waals surface area contributed by atoms with E-state index in [1.54, 1.807) is 29.9 Å². The molecule has 3 N–H and O–H groups in total. The SMILES string of the molecule is CC(=O)NC[C@]1(O)CCN(C(=O)c2cccn2C)C[C@H]1O. The van der Waals surface area contributed by atoms with Gasteiger partial charge in [0.25, 0.3) is 5.91 Å². The molecule has 0 aromatic carbocycles. The van der Waals surface area contributed by atoms with Crippen LogP contribution in [0.25, 0.3) is 0 Å². The van der Waals surface area contributed by atoms with Crippen molar-refractivity contribution in [2.24, 2.45) is 7.05 Å². The molecule has 21 heavy (non-hydrogen) atoms. The second-order valence-electron chi connectivity index (χ2n) is 5.53. The lowest BCUT2D eigenvalue weighted by atomic mass is 9.88. The largest absolute Gasteiger partial charge is 0.388 e. The average molecular weight is 295 g/mol. The number of aromatic nitrogens is 1. The number of hydrogen-bond acceptors (Lipinski definition) is 4. The number of carbonyl (C=O) groups is 2. The van der Waals surface area contributed by atoms with Crippen LogP contribution >= 0.6 is 0 Å². The second kappa shape index (κ2) is 5.87. The van der Waals surface area contributed by atoms with E-state index in [4.69, 9.17) is 0 Å². The first-order valence-electron chi connectivity index (χ1n) is 6.89. The Bertz CT molecular complexity index is 542. The molecular weight excluding hydrogens is 274 g/mol. The fraction of sp³-hybridized carbons (Fsp3) is 0.571. The topological polar surface area (TPSA) is 94.8 Å². The Kier molecular flexibility index (Phi) is 4.34. The standard InChI is InChI=1S/C14H21N3O4/c1-10(18)15-9-14(21)5-7-17(8-12(14)19)13(20)11-4-3-6-16(11)2/h3-4,6,12,19,21H,5,7-9H2,1-2H3,(H,15,18)/t12-,14-/m1/s1. The number of rotatable bonds is 3. The van der Waals surface area contributed by atoms with E-state index in [0.29, 0.717) is 12.2 Å². The van der Waals surface area contributed by atoms with Gasteiger partial charge in [0.1, 0.15) is 17.4 Å². The van der Waals surface area contributed by atoms with Crippen LogP contribution in [-0.2, 0) is 11.8 Å². The number of nitrogens with zero attached hydrogens (tertiary/aromatic N) is 2.